The summed E-state index contributed by atoms with van der Waals surface area (Å²) >= 11 is 0. The third-order valence-corrected chi connectivity index (χ3v) is 4.57. The molecule has 21 heavy (non-hydrogen) atoms. The largest absolute Gasteiger partial charge is 0.360 e. The van der Waals surface area contributed by atoms with Crippen LogP contribution >= 0.6 is 0 Å². The molecule has 1 saturated heterocycles. The van der Waals surface area contributed by atoms with Crippen molar-refractivity contribution >= 4 is 10.9 Å². The van der Waals surface area contributed by atoms with Gasteiger partial charge in [-0.3, -0.25) is 0 Å². The van der Waals surface area contributed by atoms with Gasteiger partial charge in [0, 0.05) is 23.7 Å². The molecule has 1 aliphatic heterocycles. The van der Waals surface area contributed by atoms with E-state index in [2.05, 4.69) is 65.0 Å². The van der Waals surface area contributed by atoms with E-state index < -0.39 is 0 Å². The van der Waals surface area contributed by atoms with Gasteiger partial charge in [-0.1, -0.05) is 48.5 Å². The molecule has 4 rings (SSSR count). The molecule has 3 aromatic rings. The molecular weight excluding hydrogens is 256 g/mol. The lowest BCUT2D eigenvalue weighted by Crippen LogP contribution is -2.28. The van der Waals surface area contributed by atoms with E-state index in [0.29, 0.717) is 5.92 Å². The average Bonchev–Trinajstić information content (AvgIpc) is 3.00. The number of aromatic nitrogens is 1. The highest BCUT2D eigenvalue weighted by atomic mass is 14.9. The Morgan fingerprint density at radius 3 is 2.67 bits per heavy atom. The van der Waals surface area contributed by atoms with Crippen LogP contribution in [0.25, 0.3) is 22.0 Å². The van der Waals surface area contributed by atoms with Crippen LogP contribution in [0.5, 0.6) is 0 Å². The predicted molar refractivity (Wildman–Crippen MR) is 88.6 cm³/mol. The van der Waals surface area contributed by atoms with E-state index in [1.165, 1.54) is 40.4 Å². The summed E-state index contributed by atoms with van der Waals surface area (Å²) in [6.45, 7) is 2.26. The molecule has 0 bridgehead atoms. The average molecular weight is 276 g/mol. The Balaban J connectivity index is 1.83. The summed E-state index contributed by atoms with van der Waals surface area (Å²) in [6.07, 6.45) is 4.78. The number of H-pyrrole nitrogens is 1. The minimum absolute atomic E-state index is 0.638. The predicted octanol–water partition coefficient (Wildman–Crippen LogP) is 4.30. The summed E-state index contributed by atoms with van der Waals surface area (Å²) in [5.74, 6) is 0.638. The van der Waals surface area contributed by atoms with E-state index in [1.807, 2.05) is 0 Å². The highest BCUT2D eigenvalue weighted by molar-refractivity contribution is 5.96. The number of hydrogen-bond acceptors (Lipinski definition) is 1. The number of aromatic amines is 1. The lowest BCUT2D eigenvalue weighted by atomic mass is 9.90. The number of hydrogen-bond donors (Lipinski definition) is 2. The Morgan fingerprint density at radius 1 is 0.952 bits per heavy atom. The van der Waals surface area contributed by atoms with Crippen LogP contribution in [0.2, 0.25) is 0 Å². The van der Waals surface area contributed by atoms with Gasteiger partial charge in [-0.2, -0.15) is 0 Å². The maximum atomic E-state index is 3.52. The zero-order chi connectivity index (χ0) is 14.1. The Kier molecular flexibility index (Phi) is 3.24. The van der Waals surface area contributed by atoms with E-state index >= 15 is 0 Å². The summed E-state index contributed by atoms with van der Waals surface area (Å²) in [5.41, 5.74) is 5.31. The van der Waals surface area contributed by atoms with Crippen LogP contribution in [0.15, 0.2) is 54.7 Å². The fourth-order valence-corrected chi connectivity index (χ4v) is 3.49. The summed E-state index contributed by atoms with van der Waals surface area (Å²) in [5, 5.41) is 4.90. The molecule has 2 nitrogen and oxygen atoms in total. The standard InChI is InChI=1S/C19H20N2/c1-2-6-14(7-3-1)16-9-4-10-17-18(13-21-19(16)17)15-8-5-11-20-12-15/h1-4,6-7,9-10,13,15,20-21H,5,8,11-12H2. The first-order valence-electron chi connectivity index (χ1n) is 7.79. The maximum Gasteiger partial charge on any atom is 0.0536 e. The first-order chi connectivity index (χ1) is 10.4. The van der Waals surface area contributed by atoms with Crippen molar-refractivity contribution in [2.24, 2.45) is 0 Å². The van der Waals surface area contributed by atoms with Crippen molar-refractivity contribution < 1.29 is 0 Å². The molecule has 0 radical (unpaired) electrons. The first-order valence-corrected chi connectivity index (χ1v) is 7.79. The molecule has 106 valence electrons. The molecule has 2 N–H and O–H groups in total. The van der Waals surface area contributed by atoms with Gasteiger partial charge in [0.2, 0.25) is 0 Å². The summed E-state index contributed by atoms with van der Waals surface area (Å²) in [6, 6.07) is 17.3. The second-order valence-corrected chi connectivity index (χ2v) is 5.88. The maximum absolute atomic E-state index is 3.52. The van der Waals surface area contributed by atoms with E-state index in [0.717, 1.165) is 13.1 Å². The van der Waals surface area contributed by atoms with Gasteiger partial charge < -0.3 is 10.3 Å². The molecule has 2 aromatic carbocycles. The van der Waals surface area contributed by atoms with Crippen molar-refractivity contribution in [3.8, 4) is 11.1 Å². The van der Waals surface area contributed by atoms with Crippen LogP contribution in [-0.4, -0.2) is 18.1 Å². The minimum atomic E-state index is 0.638. The molecule has 0 saturated carbocycles. The topological polar surface area (TPSA) is 27.8 Å². The van der Waals surface area contributed by atoms with Crippen molar-refractivity contribution in [1.82, 2.24) is 10.3 Å². The van der Waals surface area contributed by atoms with Crippen molar-refractivity contribution in [1.29, 1.82) is 0 Å². The number of para-hydroxylation sites is 1. The van der Waals surface area contributed by atoms with E-state index in [9.17, 15) is 0 Å². The van der Waals surface area contributed by atoms with Crippen molar-refractivity contribution in [2.75, 3.05) is 13.1 Å². The minimum Gasteiger partial charge on any atom is -0.360 e. The van der Waals surface area contributed by atoms with E-state index in [1.54, 1.807) is 0 Å². The normalized spacial score (nSPS) is 19.0. The fourth-order valence-electron chi connectivity index (χ4n) is 3.49. The van der Waals surface area contributed by atoms with Crippen LogP contribution in [0.4, 0.5) is 0 Å². The Bertz CT molecular complexity index is 737. The smallest absolute Gasteiger partial charge is 0.0536 e. The quantitative estimate of drug-likeness (QED) is 0.717. The number of benzene rings is 2. The second-order valence-electron chi connectivity index (χ2n) is 5.88. The lowest BCUT2D eigenvalue weighted by Gasteiger charge is -2.22. The van der Waals surface area contributed by atoms with Gasteiger partial charge in [-0.05, 0) is 36.4 Å². The molecule has 0 aliphatic carbocycles. The Hall–Kier alpha value is -2.06. The Labute approximate surface area is 125 Å². The van der Waals surface area contributed by atoms with Crippen LogP contribution in [0.1, 0.15) is 24.3 Å². The zero-order valence-corrected chi connectivity index (χ0v) is 12.1. The number of fused-ring (bicyclic) bond motifs is 1. The molecule has 1 unspecified atom stereocenters. The van der Waals surface area contributed by atoms with Crippen LogP contribution < -0.4 is 5.32 Å². The van der Waals surface area contributed by atoms with Crippen LogP contribution in [-0.2, 0) is 0 Å². The SMILES string of the molecule is c1ccc(-c2cccc3c(C4CCCNC4)c[nH]c23)cc1. The number of rotatable bonds is 2. The zero-order valence-electron chi connectivity index (χ0n) is 12.1. The van der Waals surface area contributed by atoms with Gasteiger partial charge in [0.15, 0.2) is 0 Å². The van der Waals surface area contributed by atoms with Gasteiger partial charge in [0.25, 0.3) is 0 Å². The summed E-state index contributed by atoms with van der Waals surface area (Å²) in [7, 11) is 0. The van der Waals surface area contributed by atoms with Gasteiger partial charge in [-0.15, -0.1) is 0 Å². The summed E-state index contributed by atoms with van der Waals surface area (Å²) in [4.78, 5) is 3.52. The van der Waals surface area contributed by atoms with Gasteiger partial charge in [0.05, 0.1) is 5.52 Å². The fraction of sp³-hybridized carbons (Fsp3) is 0.263. The second kappa shape index (κ2) is 5.38. The molecule has 2 heterocycles. The van der Waals surface area contributed by atoms with Gasteiger partial charge >= 0.3 is 0 Å². The lowest BCUT2D eigenvalue weighted by molar-refractivity contribution is 0.463. The monoisotopic (exact) mass is 276 g/mol. The molecule has 2 heteroatoms. The molecule has 1 fully saturated rings. The van der Waals surface area contributed by atoms with Crippen LogP contribution in [0.3, 0.4) is 0 Å². The van der Waals surface area contributed by atoms with Crippen LogP contribution in [0, 0.1) is 0 Å². The van der Waals surface area contributed by atoms with Crippen molar-refractivity contribution in [2.45, 2.75) is 18.8 Å². The highest BCUT2D eigenvalue weighted by Crippen LogP contribution is 2.34. The molecule has 1 aliphatic rings. The van der Waals surface area contributed by atoms with Gasteiger partial charge in [-0.25, -0.2) is 0 Å². The number of nitrogens with one attached hydrogen (secondary N) is 2. The Morgan fingerprint density at radius 2 is 1.86 bits per heavy atom. The summed E-state index contributed by atoms with van der Waals surface area (Å²) < 4.78 is 0. The number of piperidine rings is 1. The molecule has 1 aromatic heterocycles. The highest BCUT2D eigenvalue weighted by Gasteiger charge is 2.19. The van der Waals surface area contributed by atoms with E-state index in [4.69, 9.17) is 0 Å². The van der Waals surface area contributed by atoms with Crippen molar-refractivity contribution in [3.05, 3.63) is 60.3 Å². The first kappa shape index (κ1) is 12.7. The van der Waals surface area contributed by atoms with Crippen molar-refractivity contribution in [3.63, 3.8) is 0 Å². The third-order valence-electron chi connectivity index (χ3n) is 4.57. The third kappa shape index (κ3) is 2.26. The molecular formula is C19H20N2. The van der Waals surface area contributed by atoms with Gasteiger partial charge in [0.1, 0.15) is 0 Å². The van der Waals surface area contributed by atoms with E-state index in [-0.39, 0.29) is 0 Å². The molecule has 1 atom stereocenters. The molecule has 0 amide bonds. The molecule has 0 spiro atoms.